The fourth-order valence-electron chi connectivity index (χ4n) is 3.62. The monoisotopic (exact) mass is 487 g/mol. The zero-order chi connectivity index (χ0) is 23.2. The number of ether oxygens (including phenoxy) is 2. The Hall–Kier alpha value is -3.04. The maximum atomic E-state index is 12.9. The highest BCUT2D eigenvalue weighted by atomic mass is 35.5. The number of nitrogens with zero attached hydrogens (tertiary/aromatic N) is 4. The number of hydrogen-bond acceptors (Lipinski definition) is 7. The molecular weight excluding hydrogens is 462 g/mol. The number of anilines is 2. The molecular formula is C23H26ClN5O3S. The third-order valence-corrected chi connectivity index (χ3v) is 6.46. The van der Waals surface area contributed by atoms with E-state index in [1.54, 1.807) is 32.4 Å². The molecule has 1 fully saturated rings. The Morgan fingerprint density at radius 2 is 1.79 bits per heavy atom. The average molecular weight is 488 g/mol. The Balaban J connectivity index is 1.35. The molecule has 0 aliphatic carbocycles. The molecule has 0 saturated carbocycles. The van der Waals surface area contributed by atoms with Crippen molar-refractivity contribution in [1.29, 1.82) is 0 Å². The summed E-state index contributed by atoms with van der Waals surface area (Å²) in [6.45, 7) is 2.79. The molecule has 0 bridgehead atoms. The lowest BCUT2D eigenvalue weighted by Crippen LogP contribution is -2.38. The number of hydrogen-bond donors (Lipinski definition) is 1. The van der Waals surface area contributed by atoms with E-state index in [9.17, 15) is 4.79 Å². The van der Waals surface area contributed by atoms with E-state index in [-0.39, 0.29) is 6.03 Å². The van der Waals surface area contributed by atoms with Crippen molar-refractivity contribution in [2.24, 2.45) is 0 Å². The first kappa shape index (κ1) is 23.1. The van der Waals surface area contributed by atoms with E-state index < -0.39 is 0 Å². The molecule has 1 aromatic heterocycles. The molecule has 2 amide bonds. The maximum Gasteiger partial charge on any atom is 0.321 e. The fourth-order valence-corrected chi connectivity index (χ4v) is 4.49. The summed E-state index contributed by atoms with van der Waals surface area (Å²) in [6, 6.07) is 12.9. The van der Waals surface area contributed by atoms with Gasteiger partial charge in [0.2, 0.25) is 5.13 Å². The van der Waals surface area contributed by atoms with E-state index in [0.717, 1.165) is 34.5 Å². The van der Waals surface area contributed by atoms with Crippen molar-refractivity contribution < 1.29 is 14.3 Å². The van der Waals surface area contributed by atoms with Crippen molar-refractivity contribution in [2.75, 3.05) is 50.6 Å². The maximum absolute atomic E-state index is 12.9. The van der Waals surface area contributed by atoms with Crippen LogP contribution >= 0.6 is 23.1 Å². The van der Waals surface area contributed by atoms with Crippen LogP contribution in [0.2, 0.25) is 5.02 Å². The van der Waals surface area contributed by atoms with Gasteiger partial charge < -0.3 is 24.6 Å². The molecule has 2 aromatic carbocycles. The topological polar surface area (TPSA) is 79.8 Å². The van der Waals surface area contributed by atoms with Crippen molar-refractivity contribution >= 4 is 40.0 Å². The minimum absolute atomic E-state index is 0.146. The lowest BCUT2D eigenvalue weighted by atomic mass is 10.1. The average Bonchev–Trinajstić information content (AvgIpc) is 3.14. The van der Waals surface area contributed by atoms with E-state index in [1.165, 1.54) is 11.5 Å². The van der Waals surface area contributed by atoms with E-state index in [4.69, 9.17) is 26.1 Å². The fraction of sp³-hybridized carbons (Fsp3) is 0.348. The van der Waals surface area contributed by atoms with Crippen LogP contribution in [0.25, 0.3) is 0 Å². The van der Waals surface area contributed by atoms with Gasteiger partial charge in [-0.1, -0.05) is 23.7 Å². The SMILES string of the molecule is COc1cc(NC(=O)N2CCCN(c3nc(Cc4ccc(Cl)cc4)ns3)CC2)cc(OC)c1. The van der Waals surface area contributed by atoms with Crippen molar-refractivity contribution in [2.45, 2.75) is 12.8 Å². The van der Waals surface area contributed by atoms with Crippen molar-refractivity contribution in [3.8, 4) is 11.5 Å². The first-order chi connectivity index (χ1) is 16.0. The number of aromatic nitrogens is 2. The molecule has 0 spiro atoms. The van der Waals surface area contributed by atoms with Crippen LogP contribution in [0.5, 0.6) is 11.5 Å². The van der Waals surface area contributed by atoms with Gasteiger partial charge in [-0.25, -0.2) is 9.78 Å². The summed E-state index contributed by atoms with van der Waals surface area (Å²) in [7, 11) is 3.16. The van der Waals surface area contributed by atoms with Gasteiger partial charge in [0.1, 0.15) is 17.3 Å². The van der Waals surface area contributed by atoms with Gasteiger partial charge in [0, 0.05) is 73.0 Å². The predicted molar refractivity (Wildman–Crippen MR) is 131 cm³/mol. The number of urea groups is 1. The summed E-state index contributed by atoms with van der Waals surface area (Å²) in [5, 5.41) is 4.56. The lowest BCUT2D eigenvalue weighted by Gasteiger charge is -2.22. The Morgan fingerprint density at radius 3 is 2.48 bits per heavy atom. The Kier molecular flexibility index (Phi) is 7.51. The minimum atomic E-state index is -0.146. The van der Waals surface area contributed by atoms with Gasteiger partial charge in [0.15, 0.2) is 0 Å². The largest absolute Gasteiger partial charge is 0.497 e. The number of rotatable bonds is 6. The molecule has 10 heteroatoms. The lowest BCUT2D eigenvalue weighted by molar-refractivity contribution is 0.215. The Bertz CT molecular complexity index is 1070. The molecule has 1 saturated heterocycles. The highest BCUT2D eigenvalue weighted by Crippen LogP contribution is 2.26. The van der Waals surface area contributed by atoms with E-state index >= 15 is 0 Å². The number of amides is 2. The number of methoxy groups -OCH3 is 2. The van der Waals surface area contributed by atoms with Crippen LogP contribution in [0.1, 0.15) is 17.8 Å². The minimum Gasteiger partial charge on any atom is -0.497 e. The zero-order valence-electron chi connectivity index (χ0n) is 18.6. The molecule has 1 N–H and O–H groups in total. The molecule has 1 aliphatic rings. The normalized spacial score (nSPS) is 14.0. The highest BCUT2D eigenvalue weighted by Gasteiger charge is 2.22. The van der Waals surface area contributed by atoms with Crippen LogP contribution in [0.3, 0.4) is 0 Å². The van der Waals surface area contributed by atoms with Gasteiger partial charge in [-0.05, 0) is 24.1 Å². The van der Waals surface area contributed by atoms with Crippen LogP contribution in [-0.2, 0) is 6.42 Å². The van der Waals surface area contributed by atoms with Gasteiger partial charge in [-0.2, -0.15) is 4.37 Å². The number of halogens is 1. The predicted octanol–water partition coefficient (Wildman–Crippen LogP) is 4.54. The number of carbonyl (C=O) groups excluding carboxylic acids is 1. The van der Waals surface area contributed by atoms with Crippen LogP contribution in [0, 0.1) is 0 Å². The molecule has 33 heavy (non-hydrogen) atoms. The van der Waals surface area contributed by atoms with Crippen molar-refractivity contribution in [3.63, 3.8) is 0 Å². The van der Waals surface area contributed by atoms with Gasteiger partial charge in [-0.15, -0.1) is 0 Å². The van der Waals surface area contributed by atoms with Gasteiger partial charge >= 0.3 is 6.03 Å². The van der Waals surface area contributed by atoms with Crippen molar-refractivity contribution in [3.05, 3.63) is 58.9 Å². The van der Waals surface area contributed by atoms with Crippen LogP contribution in [0.15, 0.2) is 42.5 Å². The molecule has 174 valence electrons. The van der Waals surface area contributed by atoms with Gasteiger partial charge in [0.25, 0.3) is 0 Å². The molecule has 0 atom stereocenters. The second-order valence-electron chi connectivity index (χ2n) is 7.66. The third-order valence-electron chi connectivity index (χ3n) is 5.39. The van der Waals surface area contributed by atoms with Crippen molar-refractivity contribution in [1.82, 2.24) is 14.3 Å². The molecule has 4 rings (SSSR count). The number of carbonyl (C=O) groups is 1. The van der Waals surface area contributed by atoms with Crippen LogP contribution < -0.4 is 19.7 Å². The molecule has 1 aliphatic heterocycles. The summed E-state index contributed by atoms with van der Waals surface area (Å²) >= 11 is 7.36. The summed E-state index contributed by atoms with van der Waals surface area (Å²) in [6.07, 6.45) is 1.51. The van der Waals surface area contributed by atoms with Crippen LogP contribution in [-0.4, -0.2) is 60.7 Å². The second kappa shape index (κ2) is 10.7. The molecule has 2 heterocycles. The van der Waals surface area contributed by atoms with E-state index in [1.807, 2.05) is 29.2 Å². The summed E-state index contributed by atoms with van der Waals surface area (Å²) in [5.41, 5.74) is 1.75. The first-order valence-corrected chi connectivity index (χ1v) is 11.8. The molecule has 3 aromatic rings. The number of benzene rings is 2. The molecule has 0 unspecified atom stereocenters. The first-order valence-electron chi connectivity index (χ1n) is 10.6. The van der Waals surface area contributed by atoms with Gasteiger partial charge in [-0.3, -0.25) is 0 Å². The van der Waals surface area contributed by atoms with Gasteiger partial charge in [0.05, 0.1) is 14.2 Å². The second-order valence-corrected chi connectivity index (χ2v) is 8.82. The van der Waals surface area contributed by atoms with E-state index in [0.29, 0.717) is 43.2 Å². The Labute approximate surface area is 202 Å². The molecule has 0 radical (unpaired) electrons. The highest BCUT2D eigenvalue weighted by molar-refractivity contribution is 7.09. The molecule has 8 nitrogen and oxygen atoms in total. The standard InChI is InChI=1S/C23H26ClN5O3S/c1-31-19-13-18(14-20(15-19)32-2)25-22(30)28-8-3-9-29(11-10-28)23-26-21(27-33-23)12-16-4-6-17(24)7-5-16/h4-7,13-15H,3,8-12H2,1-2H3,(H,25,30). The summed E-state index contributed by atoms with van der Waals surface area (Å²) in [5.74, 6) is 2.04. The van der Waals surface area contributed by atoms with Crippen LogP contribution in [0.4, 0.5) is 15.6 Å². The summed E-state index contributed by atoms with van der Waals surface area (Å²) < 4.78 is 15.1. The quantitative estimate of drug-likeness (QED) is 0.549. The number of nitrogens with one attached hydrogen (secondary N) is 1. The summed E-state index contributed by atoms with van der Waals surface area (Å²) in [4.78, 5) is 21.6. The smallest absolute Gasteiger partial charge is 0.321 e. The zero-order valence-corrected chi connectivity index (χ0v) is 20.2. The van der Waals surface area contributed by atoms with E-state index in [2.05, 4.69) is 14.6 Å². The third kappa shape index (κ3) is 6.06. The Morgan fingerprint density at radius 1 is 1.06 bits per heavy atom.